The Morgan fingerprint density at radius 2 is 1.83 bits per heavy atom. The molecule has 1 saturated carbocycles. The van der Waals surface area contributed by atoms with E-state index in [9.17, 15) is 9.59 Å². The van der Waals surface area contributed by atoms with Crippen molar-refractivity contribution in [1.82, 2.24) is 10.2 Å². The second-order valence-corrected chi connectivity index (χ2v) is 8.02. The number of nitrogens with zero attached hydrogens (tertiary/aromatic N) is 1. The van der Waals surface area contributed by atoms with E-state index < -0.39 is 0 Å². The summed E-state index contributed by atoms with van der Waals surface area (Å²) in [6.07, 6.45) is 4.52. The maximum absolute atomic E-state index is 12.6. The highest BCUT2D eigenvalue weighted by Gasteiger charge is 2.28. The van der Waals surface area contributed by atoms with E-state index in [0.29, 0.717) is 28.8 Å². The highest BCUT2D eigenvalue weighted by molar-refractivity contribution is 5.94. The van der Waals surface area contributed by atoms with Crippen LogP contribution in [0.1, 0.15) is 59.3 Å². The summed E-state index contributed by atoms with van der Waals surface area (Å²) in [7, 11) is 4.14. The number of benzene rings is 1. The maximum Gasteiger partial charge on any atom is 0.287 e. The number of rotatable bonds is 8. The highest BCUT2D eigenvalue weighted by atomic mass is 16.5. The Bertz CT molecular complexity index is 826. The third kappa shape index (κ3) is 5.94. The molecule has 1 aliphatic carbocycles. The van der Waals surface area contributed by atoms with Gasteiger partial charge in [0.05, 0.1) is 0 Å². The Hall–Kier alpha value is -2.60. The second-order valence-electron chi connectivity index (χ2n) is 8.02. The summed E-state index contributed by atoms with van der Waals surface area (Å²) in [5.74, 6) is 1.86. The van der Waals surface area contributed by atoms with Crippen LogP contribution in [-0.2, 0) is 6.61 Å². The Morgan fingerprint density at radius 3 is 2.52 bits per heavy atom. The van der Waals surface area contributed by atoms with Crippen LogP contribution in [0.25, 0.3) is 0 Å². The lowest BCUT2D eigenvalue weighted by molar-refractivity contribution is 0.0863. The van der Waals surface area contributed by atoms with Gasteiger partial charge in [-0.25, -0.2) is 0 Å². The molecule has 156 valence electrons. The molecule has 2 unspecified atom stereocenters. The summed E-state index contributed by atoms with van der Waals surface area (Å²) in [5.41, 5.74) is 0.643. The van der Waals surface area contributed by atoms with Crippen molar-refractivity contribution in [2.45, 2.75) is 45.3 Å². The molecule has 0 saturated heterocycles. The van der Waals surface area contributed by atoms with Crippen LogP contribution in [0.3, 0.4) is 0 Å². The van der Waals surface area contributed by atoms with E-state index in [1.54, 1.807) is 36.4 Å². The van der Waals surface area contributed by atoms with Gasteiger partial charge >= 0.3 is 0 Å². The number of furan rings is 1. The molecule has 0 bridgehead atoms. The fourth-order valence-electron chi connectivity index (χ4n) is 3.84. The lowest BCUT2D eigenvalue weighted by Crippen LogP contribution is -2.45. The lowest BCUT2D eigenvalue weighted by Gasteiger charge is -2.33. The van der Waals surface area contributed by atoms with Gasteiger partial charge in [0.2, 0.25) is 0 Å². The largest absolute Gasteiger partial charge is 0.486 e. The smallest absolute Gasteiger partial charge is 0.287 e. The molecule has 2 aromatic rings. The average Bonchev–Trinajstić information content (AvgIpc) is 3.17. The molecule has 0 radical (unpaired) electrons. The van der Waals surface area contributed by atoms with Gasteiger partial charge in [0.1, 0.15) is 18.1 Å². The van der Waals surface area contributed by atoms with E-state index in [0.717, 1.165) is 25.8 Å². The third-order valence-electron chi connectivity index (χ3n) is 5.35. The zero-order valence-electron chi connectivity index (χ0n) is 17.4. The number of amides is 1. The number of carbonyl (C=O) groups excluding carboxylic acids is 2. The van der Waals surface area contributed by atoms with Gasteiger partial charge in [0.25, 0.3) is 5.91 Å². The minimum Gasteiger partial charge on any atom is -0.486 e. The zero-order valence-corrected chi connectivity index (χ0v) is 17.4. The lowest BCUT2D eigenvalue weighted by atomic mass is 9.84. The van der Waals surface area contributed by atoms with Crippen LogP contribution in [0.2, 0.25) is 0 Å². The first kappa shape index (κ1) is 21.1. The van der Waals surface area contributed by atoms with Gasteiger partial charge < -0.3 is 19.4 Å². The number of carbonyl (C=O) groups is 2. The number of nitrogens with one attached hydrogen (secondary N) is 1. The zero-order chi connectivity index (χ0) is 20.8. The second kappa shape index (κ2) is 9.74. The Kier molecular flexibility index (Phi) is 7.09. The van der Waals surface area contributed by atoms with E-state index in [1.165, 1.54) is 13.3 Å². The van der Waals surface area contributed by atoms with Gasteiger partial charge in [-0.05, 0) is 76.2 Å². The molecule has 1 fully saturated rings. The van der Waals surface area contributed by atoms with E-state index in [1.807, 2.05) is 0 Å². The molecular formula is C23H30N2O4. The van der Waals surface area contributed by atoms with Gasteiger partial charge in [-0.2, -0.15) is 0 Å². The standard InChI is InChI=1S/C23H30N2O4/c1-16(26)17-8-10-19(11-9-17)28-15-20-12-13-22(29-20)23(27)24-21-7-5-4-6-18(21)14-25(2)3/h8-13,18,21H,4-7,14-15H2,1-3H3,(H,24,27). The summed E-state index contributed by atoms with van der Waals surface area (Å²) in [5, 5.41) is 3.16. The van der Waals surface area contributed by atoms with E-state index >= 15 is 0 Å². The van der Waals surface area contributed by atoms with Gasteiger partial charge in [-0.15, -0.1) is 0 Å². The van der Waals surface area contributed by atoms with Crippen LogP contribution in [-0.4, -0.2) is 43.3 Å². The monoisotopic (exact) mass is 398 g/mol. The normalized spacial score (nSPS) is 19.2. The van der Waals surface area contributed by atoms with Gasteiger partial charge in [-0.1, -0.05) is 12.8 Å². The maximum atomic E-state index is 12.6. The first-order valence-electron chi connectivity index (χ1n) is 10.2. The Balaban J connectivity index is 1.54. The van der Waals surface area contributed by atoms with Gasteiger partial charge in [0, 0.05) is 18.2 Å². The minimum absolute atomic E-state index is 0.0176. The van der Waals surface area contributed by atoms with Crippen molar-refractivity contribution < 1.29 is 18.7 Å². The van der Waals surface area contributed by atoms with Crippen molar-refractivity contribution in [3.63, 3.8) is 0 Å². The van der Waals surface area contributed by atoms with Crippen LogP contribution in [0.5, 0.6) is 5.75 Å². The SMILES string of the molecule is CC(=O)c1ccc(OCc2ccc(C(=O)NC3CCCCC3CN(C)C)o2)cc1. The van der Waals surface area contributed by atoms with Crippen molar-refractivity contribution in [2.75, 3.05) is 20.6 Å². The fourth-order valence-corrected chi connectivity index (χ4v) is 3.84. The molecule has 1 heterocycles. The number of Topliss-reactive ketones (excluding diaryl/α,β-unsaturated/α-hetero) is 1. The van der Waals surface area contributed by atoms with Crippen LogP contribution < -0.4 is 10.1 Å². The first-order chi connectivity index (χ1) is 13.9. The summed E-state index contributed by atoms with van der Waals surface area (Å²) in [6, 6.07) is 10.6. The molecular weight excluding hydrogens is 368 g/mol. The Morgan fingerprint density at radius 1 is 1.10 bits per heavy atom. The van der Waals surface area contributed by atoms with Crippen LogP contribution in [0.4, 0.5) is 0 Å². The molecule has 6 nitrogen and oxygen atoms in total. The topological polar surface area (TPSA) is 71.8 Å². The molecule has 0 spiro atoms. The number of hydrogen-bond acceptors (Lipinski definition) is 5. The van der Waals surface area contributed by atoms with Crippen molar-refractivity contribution in [3.05, 3.63) is 53.5 Å². The highest BCUT2D eigenvalue weighted by Crippen LogP contribution is 2.25. The van der Waals surface area contributed by atoms with Crippen LogP contribution in [0, 0.1) is 5.92 Å². The van der Waals surface area contributed by atoms with Crippen LogP contribution >= 0.6 is 0 Å². The molecule has 2 atom stereocenters. The van der Waals surface area contributed by atoms with Gasteiger partial charge in [-0.3, -0.25) is 9.59 Å². The summed E-state index contributed by atoms with van der Waals surface area (Å²) >= 11 is 0. The summed E-state index contributed by atoms with van der Waals surface area (Å²) < 4.78 is 11.4. The minimum atomic E-state index is -0.169. The fraction of sp³-hybridized carbons (Fsp3) is 0.478. The first-order valence-corrected chi connectivity index (χ1v) is 10.2. The molecule has 1 aromatic heterocycles. The molecule has 6 heteroatoms. The van der Waals surface area contributed by atoms with E-state index in [-0.39, 0.29) is 24.3 Å². The quantitative estimate of drug-likeness (QED) is 0.683. The predicted octanol–water partition coefficient (Wildman–Crippen LogP) is 3.91. The molecule has 1 N–H and O–H groups in total. The molecule has 29 heavy (non-hydrogen) atoms. The average molecular weight is 399 g/mol. The summed E-state index contributed by atoms with van der Waals surface area (Å²) in [6.45, 7) is 2.73. The van der Waals surface area contributed by atoms with E-state index in [2.05, 4.69) is 24.3 Å². The number of ether oxygens (including phenoxy) is 1. The summed E-state index contributed by atoms with van der Waals surface area (Å²) in [4.78, 5) is 26.1. The molecule has 3 rings (SSSR count). The van der Waals surface area contributed by atoms with E-state index in [4.69, 9.17) is 9.15 Å². The van der Waals surface area contributed by atoms with Gasteiger partial charge in [0.15, 0.2) is 11.5 Å². The van der Waals surface area contributed by atoms with Crippen molar-refractivity contribution >= 4 is 11.7 Å². The van der Waals surface area contributed by atoms with Crippen molar-refractivity contribution in [3.8, 4) is 5.75 Å². The predicted molar refractivity (Wildman–Crippen MR) is 111 cm³/mol. The van der Waals surface area contributed by atoms with Crippen molar-refractivity contribution in [1.29, 1.82) is 0 Å². The number of ketones is 1. The van der Waals surface area contributed by atoms with Crippen LogP contribution in [0.15, 0.2) is 40.8 Å². The number of hydrogen-bond donors (Lipinski definition) is 1. The molecule has 1 amide bonds. The molecule has 1 aromatic carbocycles. The molecule has 1 aliphatic rings. The van der Waals surface area contributed by atoms with Crippen molar-refractivity contribution in [2.24, 2.45) is 5.92 Å². The molecule has 0 aliphatic heterocycles. The Labute approximate surface area is 172 Å². The third-order valence-corrected chi connectivity index (χ3v) is 5.35.